The van der Waals surface area contributed by atoms with Gasteiger partial charge in [-0.1, -0.05) is 18.9 Å². The van der Waals surface area contributed by atoms with Crippen molar-refractivity contribution in [2.24, 2.45) is 0 Å². The molecule has 0 amide bonds. The zero-order valence-electron chi connectivity index (χ0n) is 11.8. The Hall–Kier alpha value is -2.30. The molecule has 0 aliphatic heterocycles. The number of aromatic carboxylic acids is 1. The Morgan fingerprint density at radius 1 is 1.33 bits per heavy atom. The molecule has 1 N–H and O–H groups in total. The van der Waals surface area contributed by atoms with Crippen LogP contribution in [0.3, 0.4) is 0 Å². The smallest absolute Gasteiger partial charge is 0.341 e. The highest BCUT2D eigenvalue weighted by Gasteiger charge is 2.23. The van der Waals surface area contributed by atoms with Crippen LogP contribution < -0.4 is 10.2 Å². The van der Waals surface area contributed by atoms with E-state index in [1.807, 2.05) is 4.57 Å². The third kappa shape index (κ3) is 2.18. The van der Waals surface area contributed by atoms with E-state index >= 15 is 0 Å². The average molecular weight is 287 g/mol. The van der Waals surface area contributed by atoms with E-state index < -0.39 is 11.4 Å². The van der Waals surface area contributed by atoms with Gasteiger partial charge in [-0.3, -0.25) is 4.79 Å². The molecule has 1 aromatic carbocycles. The van der Waals surface area contributed by atoms with Gasteiger partial charge in [0.2, 0.25) is 5.43 Å². The topological polar surface area (TPSA) is 68.5 Å². The Bertz CT molecular complexity index is 757. The number of para-hydroxylation sites is 1. The van der Waals surface area contributed by atoms with Crippen LogP contribution in [0.5, 0.6) is 5.75 Å². The molecule has 3 rings (SSSR count). The van der Waals surface area contributed by atoms with Crippen LogP contribution >= 0.6 is 0 Å². The molecule has 5 nitrogen and oxygen atoms in total. The molecule has 0 radical (unpaired) electrons. The average Bonchev–Trinajstić information content (AvgIpc) is 3.01. The van der Waals surface area contributed by atoms with Crippen LogP contribution in [0.1, 0.15) is 42.1 Å². The van der Waals surface area contributed by atoms with Gasteiger partial charge in [-0.05, 0) is 25.0 Å². The molecule has 0 bridgehead atoms. The molecule has 1 saturated carbocycles. The quantitative estimate of drug-likeness (QED) is 0.942. The van der Waals surface area contributed by atoms with Gasteiger partial charge in [0.1, 0.15) is 11.3 Å². The van der Waals surface area contributed by atoms with E-state index in [4.69, 9.17) is 4.74 Å². The largest absolute Gasteiger partial charge is 0.495 e. The maximum absolute atomic E-state index is 12.4. The number of ether oxygens (including phenoxy) is 1. The molecule has 2 aromatic rings. The van der Waals surface area contributed by atoms with Gasteiger partial charge in [-0.15, -0.1) is 0 Å². The number of fused-ring (bicyclic) bond motifs is 1. The third-order valence-corrected chi connectivity index (χ3v) is 4.18. The minimum Gasteiger partial charge on any atom is -0.495 e. The first kappa shape index (κ1) is 13.7. The van der Waals surface area contributed by atoms with Crippen molar-refractivity contribution in [3.05, 3.63) is 40.2 Å². The number of carboxylic acid groups (broad SMARTS) is 1. The highest BCUT2D eigenvalue weighted by atomic mass is 16.5. The second-order valence-corrected chi connectivity index (χ2v) is 5.38. The molecule has 1 heterocycles. The summed E-state index contributed by atoms with van der Waals surface area (Å²) in [6.07, 6.45) is 5.71. The third-order valence-electron chi connectivity index (χ3n) is 4.18. The Morgan fingerprint density at radius 3 is 2.67 bits per heavy atom. The Kier molecular flexibility index (Phi) is 3.41. The van der Waals surface area contributed by atoms with Crippen LogP contribution in [0.4, 0.5) is 0 Å². The lowest BCUT2D eigenvalue weighted by molar-refractivity contribution is 0.0694. The van der Waals surface area contributed by atoms with Crippen LogP contribution in [0.2, 0.25) is 0 Å². The monoisotopic (exact) mass is 287 g/mol. The number of hydrogen-bond donors (Lipinski definition) is 1. The van der Waals surface area contributed by atoms with Crippen molar-refractivity contribution in [2.45, 2.75) is 31.7 Å². The van der Waals surface area contributed by atoms with Crippen molar-refractivity contribution in [3.63, 3.8) is 0 Å². The van der Waals surface area contributed by atoms with E-state index in [1.165, 1.54) is 6.20 Å². The normalized spacial score (nSPS) is 15.5. The van der Waals surface area contributed by atoms with Gasteiger partial charge in [-0.2, -0.15) is 0 Å². The molecule has 0 saturated heterocycles. The minimum atomic E-state index is -1.18. The first-order valence-corrected chi connectivity index (χ1v) is 7.08. The van der Waals surface area contributed by atoms with E-state index in [0.29, 0.717) is 16.7 Å². The molecular formula is C16H17NO4. The number of hydrogen-bond acceptors (Lipinski definition) is 3. The second kappa shape index (κ2) is 5.24. The fourth-order valence-corrected chi connectivity index (χ4v) is 3.17. The summed E-state index contributed by atoms with van der Waals surface area (Å²) in [4.78, 5) is 23.7. The predicted octanol–water partition coefficient (Wildman–Crippen LogP) is 2.82. The van der Waals surface area contributed by atoms with Crippen LogP contribution in [0.25, 0.3) is 10.9 Å². The standard InChI is InChI=1S/C16H17NO4/c1-21-13-8-4-7-11-14(13)17(10-5-2-3-6-10)9-12(15(11)18)16(19)20/h4,7-10H,2-3,5-6H2,1H3,(H,19,20). The van der Waals surface area contributed by atoms with Gasteiger partial charge in [-0.25, -0.2) is 4.79 Å². The van der Waals surface area contributed by atoms with Gasteiger partial charge in [0, 0.05) is 12.2 Å². The van der Waals surface area contributed by atoms with Gasteiger partial charge in [0.15, 0.2) is 0 Å². The molecule has 0 unspecified atom stereocenters. The van der Waals surface area contributed by atoms with Gasteiger partial charge >= 0.3 is 5.97 Å². The molecule has 5 heteroatoms. The molecule has 21 heavy (non-hydrogen) atoms. The predicted molar refractivity (Wildman–Crippen MR) is 79.2 cm³/mol. The SMILES string of the molecule is COc1cccc2c(=O)c(C(=O)O)cn(C3CCCC3)c12. The first-order valence-electron chi connectivity index (χ1n) is 7.08. The molecule has 1 aliphatic carbocycles. The van der Waals surface area contributed by atoms with Gasteiger partial charge in [0.25, 0.3) is 0 Å². The van der Waals surface area contributed by atoms with Crippen LogP contribution in [-0.4, -0.2) is 22.8 Å². The zero-order chi connectivity index (χ0) is 15.0. The highest BCUT2D eigenvalue weighted by Crippen LogP contribution is 2.34. The number of methoxy groups -OCH3 is 1. The molecule has 110 valence electrons. The summed E-state index contributed by atoms with van der Waals surface area (Å²) in [7, 11) is 1.56. The number of rotatable bonds is 3. The number of nitrogens with zero attached hydrogens (tertiary/aromatic N) is 1. The van der Waals surface area contributed by atoms with E-state index in [-0.39, 0.29) is 11.6 Å². The highest BCUT2D eigenvalue weighted by molar-refractivity contribution is 5.94. The fourth-order valence-electron chi connectivity index (χ4n) is 3.17. The van der Waals surface area contributed by atoms with Gasteiger partial charge < -0.3 is 14.4 Å². The molecule has 1 fully saturated rings. The Labute approximate surface area is 121 Å². The summed E-state index contributed by atoms with van der Waals surface area (Å²) in [6, 6.07) is 5.40. The summed E-state index contributed by atoms with van der Waals surface area (Å²) in [5, 5.41) is 9.68. The summed E-state index contributed by atoms with van der Waals surface area (Å²) < 4.78 is 7.30. The van der Waals surface area contributed by atoms with E-state index in [1.54, 1.807) is 25.3 Å². The molecule has 1 aromatic heterocycles. The van der Waals surface area contributed by atoms with Crippen molar-refractivity contribution in [3.8, 4) is 5.75 Å². The minimum absolute atomic E-state index is 0.178. The maximum atomic E-state index is 12.4. The van der Waals surface area contributed by atoms with Crippen molar-refractivity contribution < 1.29 is 14.6 Å². The van der Waals surface area contributed by atoms with Crippen molar-refractivity contribution in [1.29, 1.82) is 0 Å². The zero-order valence-corrected chi connectivity index (χ0v) is 11.8. The Morgan fingerprint density at radius 2 is 2.05 bits per heavy atom. The fraction of sp³-hybridized carbons (Fsp3) is 0.375. The number of carbonyl (C=O) groups is 1. The van der Waals surface area contributed by atoms with Crippen molar-refractivity contribution >= 4 is 16.9 Å². The van der Waals surface area contributed by atoms with Crippen LogP contribution in [0.15, 0.2) is 29.2 Å². The van der Waals surface area contributed by atoms with E-state index in [0.717, 1.165) is 25.7 Å². The summed E-state index contributed by atoms with van der Waals surface area (Å²) in [5.74, 6) is -0.579. The van der Waals surface area contributed by atoms with Crippen LogP contribution in [-0.2, 0) is 0 Å². The second-order valence-electron chi connectivity index (χ2n) is 5.38. The first-order chi connectivity index (χ1) is 10.1. The summed E-state index contributed by atoms with van der Waals surface area (Å²) >= 11 is 0. The van der Waals surface area contributed by atoms with Gasteiger partial charge in [0.05, 0.1) is 18.0 Å². The maximum Gasteiger partial charge on any atom is 0.341 e. The van der Waals surface area contributed by atoms with E-state index in [2.05, 4.69) is 0 Å². The molecule has 0 spiro atoms. The number of carboxylic acids is 1. The molecule has 0 atom stereocenters. The Balaban J connectivity index is 2.39. The molecule has 1 aliphatic rings. The number of pyridine rings is 1. The molecular weight excluding hydrogens is 270 g/mol. The van der Waals surface area contributed by atoms with Crippen molar-refractivity contribution in [1.82, 2.24) is 4.57 Å². The summed E-state index contributed by atoms with van der Waals surface area (Å²) in [5.41, 5.74) is 0.0650. The lowest BCUT2D eigenvalue weighted by Gasteiger charge is -2.20. The van der Waals surface area contributed by atoms with Crippen LogP contribution in [0, 0.1) is 0 Å². The lowest BCUT2D eigenvalue weighted by atomic mass is 10.1. The summed E-state index contributed by atoms with van der Waals surface area (Å²) in [6.45, 7) is 0. The number of benzene rings is 1. The van der Waals surface area contributed by atoms with E-state index in [9.17, 15) is 14.7 Å². The van der Waals surface area contributed by atoms with Crippen molar-refractivity contribution in [2.75, 3.05) is 7.11 Å². The number of aromatic nitrogens is 1. The lowest BCUT2D eigenvalue weighted by Crippen LogP contribution is -2.20.